The summed E-state index contributed by atoms with van der Waals surface area (Å²) in [6.07, 6.45) is 5.93. The number of carbonyl (C=O) groups is 1. The predicted molar refractivity (Wildman–Crippen MR) is 126 cm³/mol. The molecule has 1 aromatic carbocycles. The van der Waals surface area contributed by atoms with Crippen molar-refractivity contribution in [2.24, 2.45) is 7.05 Å². The lowest BCUT2D eigenvalue weighted by molar-refractivity contribution is 0.0686. The second kappa shape index (κ2) is 8.53. The predicted octanol–water partition coefficient (Wildman–Crippen LogP) is 2.79. The van der Waals surface area contributed by atoms with E-state index < -0.39 is 5.97 Å². The lowest BCUT2D eigenvalue weighted by atomic mass is 10.2. The van der Waals surface area contributed by atoms with Crippen molar-refractivity contribution in [2.75, 3.05) is 19.3 Å². The minimum absolute atomic E-state index is 0.0270. The van der Waals surface area contributed by atoms with E-state index in [4.69, 9.17) is 0 Å². The molecule has 4 aromatic rings. The fraction of sp³-hybridized carbons (Fsp3) is 0.304. The van der Waals surface area contributed by atoms with Gasteiger partial charge < -0.3 is 9.67 Å². The van der Waals surface area contributed by atoms with Crippen LogP contribution < -0.4 is 5.69 Å². The molecule has 33 heavy (non-hydrogen) atoms. The third-order valence-corrected chi connectivity index (χ3v) is 6.99. The van der Waals surface area contributed by atoms with E-state index in [2.05, 4.69) is 14.9 Å². The van der Waals surface area contributed by atoms with E-state index in [-0.39, 0.29) is 17.4 Å². The number of fused-ring (bicyclic) bond motifs is 1. The van der Waals surface area contributed by atoms with Crippen molar-refractivity contribution < 1.29 is 9.90 Å². The highest BCUT2D eigenvalue weighted by molar-refractivity contribution is 7.98. The Morgan fingerprint density at radius 3 is 2.70 bits per heavy atom. The summed E-state index contributed by atoms with van der Waals surface area (Å²) in [7, 11) is 1.71. The van der Waals surface area contributed by atoms with Crippen LogP contribution in [0.4, 0.5) is 0 Å². The summed E-state index contributed by atoms with van der Waals surface area (Å²) in [5, 5.41) is 9.26. The van der Waals surface area contributed by atoms with Crippen LogP contribution in [-0.2, 0) is 13.6 Å². The summed E-state index contributed by atoms with van der Waals surface area (Å²) >= 11 is 1.66. The minimum atomic E-state index is -0.994. The summed E-state index contributed by atoms with van der Waals surface area (Å²) in [6.45, 7) is 1.97. The molecule has 170 valence electrons. The number of imidazole rings is 2. The van der Waals surface area contributed by atoms with Gasteiger partial charge in [-0.2, -0.15) is 0 Å². The first-order valence-corrected chi connectivity index (χ1v) is 11.9. The summed E-state index contributed by atoms with van der Waals surface area (Å²) in [4.78, 5) is 37.1. The van der Waals surface area contributed by atoms with Crippen molar-refractivity contribution in [2.45, 2.75) is 23.9 Å². The SMILES string of the molecule is CSc1ccc(-n2c(=O)n(C3CCN(Cc4ncc(C(=O)O)n4C)C3)c3ncccc32)cc1. The first kappa shape index (κ1) is 21.5. The first-order valence-electron chi connectivity index (χ1n) is 10.7. The Labute approximate surface area is 194 Å². The average Bonchev–Trinajstić information content (AvgIpc) is 3.50. The Hall–Kier alpha value is -3.37. The molecule has 1 atom stereocenters. The Kier molecular flexibility index (Phi) is 5.55. The summed E-state index contributed by atoms with van der Waals surface area (Å²) in [5.41, 5.74) is 2.34. The molecule has 3 aromatic heterocycles. The molecule has 9 nitrogen and oxygen atoms in total. The van der Waals surface area contributed by atoms with Gasteiger partial charge in [-0.3, -0.25) is 14.0 Å². The zero-order valence-electron chi connectivity index (χ0n) is 18.4. The minimum Gasteiger partial charge on any atom is -0.477 e. The van der Waals surface area contributed by atoms with Crippen LogP contribution in [0.1, 0.15) is 28.8 Å². The number of likely N-dealkylation sites (tertiary alicyclic amines) is 1. The molecule has 5 rings (SSSR count). The molecular weight excluding hydrogens is 440 g/mol. The molecule has 1 saturated heterocycles. The van der Waals surface area contributed by atoms with Gasteiger partial charge in [0.1, 0.15) is 11.5 Å². The maximum absolute atomic E-state index is 13.6. The fourth-order valence-corrected chi connectivity index (χ4v) is 4.93. The molecule has 0 bridgehead atoms. The van der Waals surface area contributed by atoms with Crippen LogP contribution in [0.3, 0.4) is 0 Å². The molecule has 1 N–H and O–H groups in total. The summed E-state index contributed by atoms with van der Waals surface area (Å²) < 4.78 is 5.14. The third-order valence-electron chi connectivity index (χ3n) is 6.24. The molecule has 4 heterocycles. The van der Waals surface area contributed by atoms with Crippen molar-refractivity contribution in [1.29, 1.82) is 0 Å². The molecule has 10 heteroatoms. The zero-order chi connectivity index (χ0) is 23.1. The highest BCUT2D eigenvalue weighted by Crippen LogP contribution is 2.27. The highest BCUT2D eigenvalue weighted by atomic mass is 32.2. The van der Waals surface area contributed by atoms with E-state index in [1.807, 2.05) is 42.7 Å². The van der Waals surface area contributed by atoms with Crippen LogP contribution in [0.15, 0.2) is 58.5 Å². The van der Waals surface area contributed by atoms with Gasteiger partial charge in [0.2, 0.25) is 0 Å². The Bertz CT molecular complexity index is 1390. The number of pyridine rings is 1. The van der Waals surface area contributed by atoms with Gasteiger partial charge >= 0.3 is 11.7 Å². The van der Waals surface area contributed by atoms with Crippen molar-refractivity contribution in [3.63, 3.8) is 0 Å². The normalized spacial score (nSPS) is 16.6. The number of aromatic carboxylic acids is 1. The van der Waals surface area contributed by atoms with Crippen molar-refractivity contribution in [1.82, 2.24) is 28.6 Å². The van der Waals surface area contributed by atoms with E-state index in [0.29, 0.717) is 24.6 Å². The van der Waals surface area contributed by atoms with Gasteiger partial charge in [0, 0.05) is 31.2 Å². The number of carboxylic acid groups (broad SMARTS) is 1. The van der Waals surface area contributed by atoms with Gasteiger partial charge in [-0.25, -0.2) is 19.6 Å². The van der Waals surface area contributed by atoms with Crippen LogP contribution in [0.25, 0.3) is 16.9 Å². The molecule has 0 saturated carbocycles. The lowest BCUT2D eigenvalue weighted by Gasteiger charge is -2.16. The van der Waals surface area contributed by atoms with Gasteiger partial charge in [-0.05, 0) is 49.1 Å². The quantitative estimate of drug-likeness (QED) is 0.438. The molecule has 0 amide bonds. The van der Waals surface area contributed by atoms with Crippen LogP contribution in [0.2, 0.25) is 0 Å². The van der Waals surface area contributed by atoms with E-state index >= 15 is 0 Å². The van der Waals surface area contributed by atoms with Crippen molar-refractivity contribution >= 4 is 28.9 Å². The standard InChI is InChI=1S/C23H24N6O3S/c1-26-19(22(30)31)12-25-20(26)14-27-11-9-16(13-27)29-21-18(4-3-10-24-21)28(23(29)32)15-5-7-17(33-2)8-6-15/h3-8,10,12,16H,9,11,13-14H2,1-2H3,(H,30,31). The summed E-state index contributed by atoms with van der Waals surface area (Å²) in [6, 6.07) is 11.7. The molecule has 1 fully saturated rings. The highest BCUT2D eigenvalue weighted by Gasteiger charge is 2.29. The fourth-order valence-electron chi connectivity index (χ4n) is 4.52. The summed E-state index contributed by atoms with van der Waals surface area (Å²) in [5.74, 6) is -0.304. The number of benzene rings is 1. The van der Waals surface area contributed by atoms with Crippen LogP contribution in [0, 0.1) is 0 Å². The van der Waals surface area contributed by atoms with Crippen molar-refractivity contribution in [3.8, 4) is 5.69 Å². The average molecular weight is 465 g/mol. The number of rotatable bonds is 6. The largest absolute Gasteiger partial charge is 0.477 e. The van der Waals surface area contributed by atoms with Crippen LogP contribution >= 0.6 is 11.8 Å². The number of carboxylic acids is 1. The molecular formula is C23H24N6O3S. The second-order valence-corrected chi connectivity index (χ2v) is 9.01. The lowest BCUT2D eigenvalue weighted by Crippen LogP contribution is -2.29. The first-order chi connectivity index (χ1) is 16.0. The van der Waals surface area contributed by atoms with E-state index in [1.165, 1.54) is 6.20 Å². The molecule has 0 aliphatic carbocycles. The Morgan fingerprint density at radius 2 is 2.00 bits per heavy atom. The maximum atomic E-state index is 13.6. The monoisotopic (exact) mass is 464 g/mol. The van der Waals surface area contributed by atoms with Crippen LogP contribution in [0.5, 0.6) is 0 Å². The van der Waals surface area contributed by atoms with Gasteiger partial charge in [0.15, 0.2) is 5.65 Å². The smallest absolute Gasteiger partial charge is 0.354 e. The van der Waals surface area contributed by atoms with Crippen molar-refractivity contribution in [3.05, 3.63) is 70.8 Å². The van der Waals surface area contributed by atoms with Gasteiger partial charge in [-0.1, -0.05) is 0 Å². The Balaban J connectivity index is 1.46. The van der Waals surface area contributed by atoms with Gasteiger partial charge in [0.05, 0.1) is 30.0 Å². The topological polar surface area (TPSA) is 98.2 Å². The number of nitrogens with zero attached hydrogens (tertiary/aromatic N) is 6. The molecule has 1 unspecified atom stereocenters. The molecule has 0 spiro atoms. The Morgan fingerprint density at radius 1 is 1.21 bits per heavy atom. The number of hydrogen-bond acceptors (Lipinski definition) is 6. The zero-order valence-corrected chi connectivity index (χ0v) is 19.2. The molecule has 1 aliphatic rings. The second-order valence-electron chi connectivity index (χ2n) is 8.13. The third kappa shape index (κ3) is 3.75. The van der Waals surface area contributed by atoms with E-state index in [1.54, 1.807) is 38.7 Å². The molecule has 1 aliphatic heterocycles. The van der Waals surface area contributed by atoms with E-state index in [0.717, 1.165) is 29.1 Å². The van der Waals surface area contributed by atoms with Crippen LogP contribution in [-0.4, -0.2) is 59.0 Å². The molecule has 0 radical (unpaired) electrons. The number of aromatic nitrogens is 5. The maximum Gasteiger partial charge on any atom is 0.354 e. The van der Waals surface area contributed by atoms with Gasteiger partial charge in [-0.15, -0.1) is 11.8 Å². The van der Waals surface area contributed by atoms with E-state index in [9.17, 15) is 14.7 Å². The number of thioether (sulfide) groups is 1. The number of hydrogen-bond donors (Lipinski definition) is 1. The van der Waals surface area contributed by atoms with Gasteiger partial charge in [0.25, 0.3) is 0 Å².